The van der Waals surface area contributed by atoms with Crippen LogP contribution in [0.15, 0.2) is 76.8 Å². The molecule has 0 bridgehead atoms. The van der Waals surface area contributed by atoms with Crippen molar-refractivity contribution in [1.82, 2.24) is 20.2 Å². The summed E-state index contributed by atoms with van der Waals surface area (Å²) in [4.78, 5) is 8.48. The highest BCUT2D eigenvalue weighted by atomic mass is 32.2. The monoisotopic (exact) mass is 498 g/mol. The highest BCUT2D eigenvalue weighted by Crippen LogP contribution is 2.26. The molecule has 0 amide bonds. The lowest BCUT2D eigenvalue weighted by molar-refractivity contribution is 0.587. The molecule has 176 valence electrons. The second-order valence-electron chi connectivity index (χ2n) is 7.38. The molecular weight excluding hydrogens is 476 g/mol. The summed E-state index contributed by atoms with van der Waals surface area (Å²) in [5.41, 5.74) is 2.21. The number of benzene rings is 2. The molecule has 4 rings (SSSR count). The van der Waals surface area contributed by atoms with E-state index >= 15 is 0 Å². The van der Waals surface area contributed by atoms with Crippen molar-refractivity contribution in [3.63, 3.8) is 0 Å². The molecule has 0 aliphatic carbocycles. The molecule has 34 heavy (non-hydrogen) atoms. The summed E-state index contributed by atoms with van der Waals surface area (Å²) in [5.74, 6) is 0.635. The minimum Gasteiger partial charge on any atom is -0.323 e. The van der Waals surface area contributed by atoms with Gasteiger partial charge in [-0.15, -0.1) is 0 Å². The van der Waals surface area contributed by atoms with E-state index in [1.54, 1.807) is 12.1 Å². The fourth-order valence-electron chi connectivity index (χ4n) is 3.04. The smallest absolute Gasteiger partial charge is 0.254 e. The molecule has 0 unspecified atom stereocenters. The molecule has 0 saturated heterocycles. The van der Waals surface area contributed by atoms with Crippen LogP contribution < -0.4 is 10.0 Å². The normalized spacial score (nSPS) is 11.8. The number of aryl methyl sites for hydroxylation is 1. The fourth-order valence-corrected chi connectivity index (χ4v) is 4.82. The zero-order valence-corrected chi connectivity index (χ0v) is 20.0. The number of aromatic nitrogens is 4. The van der Waals surface area contributed by atoms with Crippen molar-refractivity contribution >= 4 is 37.2 Å². The minimum atomic E-state index is -4.11. The highest BCUT2D eigenvalue weighted by Gasteiger charge is 2.23. The van der Waals surface area contributed by atoms with Gasteiger partial charge in [-0.3, -0.25) is 9.82 Å². The Balaban J connectivity index is 1.75. The van der Waals surface area contributed by atoms with Crippen molar-refractivity contribution in [3.8, 4) is 11.3 Å². The number of hydrogen-bond donors (Lipinski definition) is 3. The van der Waals surface area contributed by atoms with E-state index < -0.39 is 25.0 Å². The summed E-state index contributed by atoms with van der Waals surface area (Å²) in [6, 6.07) is 17.9. The van der Waals surface area contributed by atoms with Crippen LogP contribution in [0.4, 0.5) is 17.3 Å². The molecule has 0 radical (unpaired) electrons. The molecule has 0 saturated carbocycles. The Labute approximate surface area is 197 Å². The van der Waals surface area contributed by atoms with Crippen LogP contribution in [0.3, 0.4) is 0 Å². The quantitative estimate of drug-likeness (QED) is 0.313. The number of sulfone groups is 1. The number of rotatable bonds is 8. The summed E-state index contributed by atoms with van der Waals surface area (Å²) in [7, 11) is -7.60. The third-order valence-corrected chi connectivity index (χ3v) is 7.66. The number of anilines is 3. The summed E-state index contributed by atoms with van der Waals surface area (Å²) in [5, 5.41) is 9.52. The van der Waals surface area contributed by atoms with E-state index in [0.29, 0.717) is 17.1 Å². The van der Waals surface area contributed by atoms with Gasteiger partial charge in [0.15, 0.2) is 5.82 Å². The highest BCUT2D eigenvalue weighted by molar-refractivity contribution is 7.92. The molecule has 0 atom stereocenters. The van der Waals surface area contributed by atoms with E-state index in [0.717, 1.165) is 5.69 Å². The number of H-pyrrole nitrogens is 1. The maximum absolute atomic E-state index is 13.4. The Bertz CT molecular complexity index is 1520. The molecule has 0 aliphatic heterocycles. The molecule has 0 aliphatic rings. The molecule has 2 aromatic heterocycles. The first-order chi connectivity index (χ1) is 16.2. The van der Waals surface area contributed by atoms with Crippen molar-refractivity contribution < 1.29 is 16.8 Å². The van der Waals surface area contributed by atoms with E-state index in [4.69, 9.17) is 0 Å². The number of nitrogens with zero attached hydrogens (tertiary/aromatic N) is 3. The van der Waals surface area contributed by atoms with E-state index in [9.17, 15) is 16.8 Å². The molecule has 10 nitrogen and oxygen atoms in total. The molecule has 0 fully saturated rings. The predicted molar refractivity (Wildman–Crippen MR) is 129 cm³/mol. The summed E-state index contributed by atoms with van der Waals surface area (Å²) < 4.78 is 52.7. The molecule has 3 N–H and O–H groups in total. The van der Waals surface area contributed by atoms with Gasteiger partial charge in [-0.2, -0.15) is 5.10 Å². The third-order valence-electron chi connectivity index (χ3n) is 4.80. The van der Waals surface area contributed by atoms with Crippen molar-refractivity contribution in [2.24, 2.45) is 0 Å². The number of sulfonamides is 1. The first kappa shape index (κ1) is 23.4. The van der Waals surface area contributed by atoms with E-state index in [1.165, 1.54) is 31.2 Å². The Kier molecular flexibility index (Phi) is 6.35. The third kappa shape index (κ3) is 5.24. The Morgan fingerprint density at radius 3 is 2.21 bits per heavy atom. The van der Waals surface area contributed by atoms with Crippen molar-refractivity contribution in [3.05, 3.63) is 72.4 Å². The van der Waals surface area contributed by atoms with Gasteiger partial charge in [0.1, 0.15) is 5.82 Å². The maximum Gasteiger partial charge on any atom is 0.254 e. The second kappa shape index (κ2) is 9.23. The summed E-state index contributed by atoms with van der Waals surface area (Å²) >= 11 is 0. The van der Waals surface area contributed by atoms with Gasteiger partial charge in [0, 0.05) is 29.1 Å². The largest absolute Gasteiger partial charge is 0.323 e. The standard InChI is InChI=1S/C22H22N6O4S2/c1-3-33(29,30)28-17-9-11-18(12-10-17)34(31,32)22-23-19(16-7-5-4-6-8-16)14-20(25-22)24-21-13-15(2)26-27-21/h4-14,28H,3H2,1-2H3,(H2,23,24,25,26,27). The van der Waals surface area contributed by atoms with Crippen molar-refractivity contribution in [1.29, 1.82) is 0 Å². The maximum atomic E-state index is 13.4. The van der Waals surface area contributed by atoms with Crippen molar-refractivity contribution in [2.75, 3.05) is 15.8 Å². The lowest BCUT2D eigenvalue weighted by atomic mass is 10.1. The van der Waals surface area contributed by atoms with Crippen LogP contribution >= 0.6 is 0 Å². The lowest BCUT2D eigenvalue weighted by Crippen LogP contribution is -2.14. The zero-order valence-electron chi connectivity index (χ0n) is 18.3. The number of hydrogen-bond acceptors (Lipinski definition) is 8. The van der Waals surface area contributed by atoms with Crippen LogP contribution in [0, 0.1) is 6.92 Å². The topological polar surface area (TPSA) is 147 Å². The molecule has 4 aromatic rings. The number of aromatic amines is 1. The van der Waals surface area contributed by atoms with E-state index in [1.807, 2.05) is 37.3 Å². The Morgan fingerprint density at radius 1 is 0.882 bits per heavy atom. The molecule has 0 spiro atoms. The van der Waals surface area contributed by atoms with Gasteiger partial charge in [-0.05, 0) is 38.1 Å². The van der Waals surface area contributed by atoms with Gasteiger partial charge in [-0.25, -0.2) is 26.8 Å². The average Bonchev–Trinajstić information content (AvgIpc) is 3.24. The summed E-state index contributed by atoms with van der Waals surface area (Å²) in [6.45, 7) is 3.35. The van der Waals surface area contributed by atoms with Crippen LogP contribution in [-0.4, -0.2) is 42.8 Å². The first-order valence-electron chi connectivity index (χ1n) is 10.3. The number of nitrogens with one attached hydrogen (secondary N) is 3. The van der Waals surface area contributed by atoms with Gasteiger partial charge in [0.25, 0.3) is 5.16 Å². The van der Waals surface area contributed by atoms with Gasteiger partial charge in [0.05, 0.1) is 16.3 Å². The minimum absolute atomic E-state index is 0.0706. The summed E-state index contributed by atoms with van der Waals surface area (Å²) in [6.07, 6.45) is 0. The Hall–Kier alpha value is -3.77. The van der Waals surface area contributed by atoms with Crippen LogP contribution in [0.1, 0.15) is 12.6 Å². The molecule has 12 heteroatoms. The van der Waals surface area contributed by atoms with Gasteiger partial charge >= 0.3 is 0 Å². The fraction of sp³-hybridized carbons (Fsp3) is 0.136. The van der Waals surface area contributed by atoms with Crippen LogP contribution in [0.2, 0.25) is 0 Å². The SMILES string of the molecule is CCS(=O)(=O)Nc1ccc(S(=O)(=O)c2nc(Nc3cc(C)[nH]n3)cc(-c3ccccc3)n2)cc1. The predicted octanol–water partition coefficient (Wildman–Crippen LogP) is 3.51. The lowest BCUT2D eigenvalue weighted by Gasteiger charge is -2.11. The molecule has 2 heterocycles. The van der Waals surface area contributed by atoms with Crippen LogP contribution in [-0.2, 0) is 19.9 Å². The van der Waals surface area contributed by atoms with E-state index in [-0.39, 0.29) is 22.2 Å². The van der Waals surface area contributed by atoms with E-state index in [2.05, 4.69) is 30.2 Å². The zero-order chi connectivity index (χ0) is 24.3. The van der Waals surface area contributed by atoms with Crippen molar-refractivity contribution in [2.45, 2.75) is 23.9 Å². The second-order valence-corrected chi connectivity index (χ2v) is 11.2. The van der Waals surface area contributed by atoms with Crippen LogP contribution in [0.5, 0.6) is 0 Å². The van der Waals surface area contributed by atoms with Gasteiger partial charge < -0.3 is 5.32 Å². The van der Waals surface area contributed by atoms with Crippen LogP contribution in [0.25, 0.3) is 11.3 Å². The van der Waals surface area contributed by atoms with Gasteiger partial charge in [-0.1, -0.05) is 30.3 Å². The Morgan fingerprint density at radius 2 is 1.59 bits per heavy atom. The average molecular weight is 499 g/mol. The van der Waals surface area contributed by atoms with Gasteiger partial charge in [0.2, 0.25) is 19.9 Å². The molecular formula is C22H22N6O4S2. The molecule has 2 aromatic carbocycles. The first-order valence-corrected chi connectivity index (χ1v) is 13.4.